The Bertz CT molecular complexity index is 1610. The number of phosphoric ester groups is 1. The molecule has 0 aliphatic rings. The van der Waals surface area contributed by atoms with Crippen LogP contribution in [0.5, 0.6) is 0 Å². The van der Waals surface area contributed by atoms with Crippen molar-refractivity contribution in [3.8, 4) is 0 Å². The summed E-state index contributed by atoms with van der Waals surface area (Å²) in [4.78, 5) is 35.6. The van der Waals surface area contributed by atoms with Gasteiger partial charge in [0, 0.05) is 12.8 Å². The molecule has 0 saturated carbocycles. The molecule has 0 spiro atoms. The number of carbonyl (C=O) groups excluding carboxylic acids is 2. The molecule has 0 radical (unpaired) electrons. The van der Waals surface area contributed by atoms with E-state index in [0.717, 1.165) is 116 Å². The zero-order chi connectivity index (χ0) is 52.0. The highest BCUT2D eigenvalue weighted by atomic mass is 31.2. The standard InChI is InChI=1S/C61H102NO8P/c1-6-8-10-12-14-16-18-20-22-24-25-26-27-28-29-30-31-32-33-34-35-36-37-38-40-42-44-46-48-50-52-54-61(64)70-59(58-69-71(65,66)68-56-55-62(3,4)5)57-67-60(63)53-51-49-47-45-43-41-39-23-21-19-17-15-13-11-9-7-2/h8,10,14,16,20,22-23,25-26,28-29,31-32,34-35,37-39,42,44,59H,6-7,9,11-13,15,17-19,21,24,27,30,33,36,40-41,43,45-58H2,1-5H3/p+1/b10-8-,16-14-,22-20-,26-25-,29-28-,32-31-,35-34-,38-37-,39-23-,44-42-. The van der Waals surface area contributed by atoms with E-state index < -0.39 is 32.5 Å². The van der Waals surface area contributed by atoms with Crippen LogP contribution in [0.1, 0.15) is 200 Å². The molecule has 0 heterocycles. The molecule has 0 aromatic carbocycles. The van der Waals surface area contributed by atoms with Gasteiger partial charge in [0.05, 0.1) is 27.7 Å². The van der Waals surface area contributed by atoms with E-state index >= 15 is 0 Å². The SMILES string of the molecule is CC/C=C\C/C=C\C/C=C\C/C=C\C/C=C\C/C=C\C/C=C\C/C=C\C/C=C\CCCCCC(=O)OC(COC(=O)CCCCCCC/C=C\CCCCCCCCC)COP(=O)(O)OCC[N+](C)(C)C. The predicted molar refractivity (Wildman–Crippen MR) is 302 cm³/mol. The Morgan fingerprint density at radius 1 is 0.451 bits per heavy atom. The molecule has 9 nitrogen and oxygen atoms in total. The second kappa shape index (κ2) is 51.3. The van der Waals surface area contributed by atoms with Gasteiger partial charge in [0.1, 0.15) is 19.8 Å². The van der Waals surface area contributed by atoms with E-state index in [1.807, 2.05) is 21.1 Å². The summed E-state index contributed by atoms with van der Waals surface area (Å²) in [6.45, 7) is 4.25. The topological polar surface area (TPSA) is 108 Å². The number of carbonyl (C=O) groups is 2. The molecule has 0 aliphatic heterocycles. The fraction of sp³-hybridized carbons (Fsp3) is 0.639. The lowest BCUT2D eigenvalue weighted by Gasteiger charge is -2.24. The Labute approximate surface area is 435 Å². The van der Waals surface area contributed by atoms with E-state index in [1.165, 1.54) is 51.4 Å². The van der Waals surface area contributed by atoms with E-state index in [-0.39, 0.29) is 26.1 Å². The summed E-state index contributed by atoms with van der Waals surface area (Å²) in [5.74, 6) is -0.855. The number of hydrogen-bond acceptors (Lipinski definition) is 7. The molecule has 10 heteroatoms. The number of allylic oxidation sites excluding steroid dienone is 20. The van der Waals surface area contributed by atoms with Gasteiger partial charge in [-0.2, -0.15) is 0 Å². The van der Waals surface area contributed by atoms with Crippen LogP contribution >= 0.6 is 7.82 Å². The predicted octanol–water partition coefficient (Wildman–Crippen LogP) is 17.2. The van der Waals surface area contributed by atoms with Crippen LogP contribution in [0.4, 0.5) is 0 Å². The lowest BCUT2D eigenvalue weighted by atomic mass is 10.1. The van der Waals surface area contributed by atoms with E-state index in [1.54, 1.807) is 0 Å². The number of ether oxygens (including phenoxy) is 2. The maximum absolute atomic E-state index is 12.8. The van der Waals surface area contributed by atoms with Gasteiger partial charge < -0.3 is 18.9 Å². The van der Waals surface area contributed by atoms with Gasteiger partial charge in [0.15, 0.2) is 6.10 Å². The Morgan fingerprint density at radius 2 is 0.803 bits per heavy atom. The Hall–Kier alpha value is -3.59. The fourth-order valence-corrected chi connectivity index (χ4v) is 7.68. The summed E-state index contributed by atoms with van der Waals surface area (Å²) in [5.41, 5.74) is 0. The number of likely N-dealkylation sites (N-methyl/N-ethyl adjacent to an activating group) is 1. The number of unbranched alkanes of at least 4 members (excludes halogenated alkanes) is 15. The minimum Gasteiger partial charge on any atom is -0.462 e. The first-order chi connectivity index (χ1) is 34.5. The van der Waals surface area contributed by atoms with E-state index in [4.69, 9.17) is 18.5 Å². The van der Waals surface area contributed by atoms with Crippen LogP contribution in [0.15, 0.2) is 122 Å². The van der Waals surface area contributed by atoms with Crippen molar-refractivity contribution in [1.82, 2.24) is 0 Å². The average Bonchev–Trinajstić information content (AvgIpc) is 3.33. The number of nitrogens with zero attached hydrogens (tertiary/aromatic N) is 1. The maximum atomic E-state index is 12.8. The number of hydrogen-bond donors (Lipinski definition) is 1. The summed E-state index contributed by atoms with van der Waals surface area (Å²) in [6.07, 6.45) is 72.6. The monoisotopic (exact) mass is 1010 g/mol. The molecule has 404 valence electrons. The highest BCUT2D eigenvalue weighted by Crippen LogP contribution is 2.43. The molecule has 71 heavy (non-hydrogen) atoms. The number of phosphoric acid groups is 1. The van der Waals surface area contributed by atoms with Crippen molar-refractivity contribution >= 4 is 19.8 Å². The van der Waals surface area contributed by atoms with Crippen molar-refractivity contribution in [2.75, 3.05) is 47.5 Å². The molecule has 0 fully saturated rings. The van der Waals surface area contributed by atoms with E-state index in [2.05, 4.69) is 135 Å². The van der Waals surface area contributed by atoms with Crippen LogP contribution < -0.4 is 0 Å². The number of rotatable bonds is 49. The Morgan fingerprint density at radius 3 is 1.23 bits per heavy atom. The molecular formula is C61H103NO8P+. The van der Waals surface area contributed by atoms with Crippen molar-refractivity contribution < 1.29 is 42.1 Å². The molecule has 1 N–H and O–H groups in total. The van der Waals surface area contributed by atoms with Crippen molar-refractivity contribution in [1.29, 1.82) is 0 Å². The summed E-state index contributed by atoms with van der Waals surface area (Å²) < 4.78 is 34.4. The van der Waals surface area contributed by atoms with Crippen LogP contribution in [-0.4, -0.2) is 74.9 Å². The molecule has 0 rings (SSSR count). The van der Waals surface area contributed by atoms with Gasteiger partial charge in [0.25, 0.3) is 0 Å². The fourth-order valence-electron chi connectivity index (χ4n) is 6.94. The van der Waals surface area contributed by atoms with Crippen molar-refractivity contribution in [2.24, 2.45) is 0 Å². The highest BCUT2D eigenvalue weighted by Gasteiger charge is 2.27. The van der Waals surface area contributed by atoms with Gasteiger partial charge in [-0.1, -0.05) is 200 Å². The largest absolute Gasteiger partial charge is 0.472 e. The number of quaternary nitrogens is 1. The third kappa shape index (κ3) is 55.6. The minimum absolute atomic E-state index is 0.0169. The molecule has 0 saturated heterocycles. The van der Waals surface area contributed by atoms with Gasteiger partial charge >= 0.3 is 19.8 Å². The minimum atomic E-state index is -4.40. The highest BCUT2D eigenvalue weighted by molar-refractivity contribution is 7.47. The van der Waals surface area contributed by atoms with Crippen LogP contribution in [0.3, 0.4) is 0 Å². The molecule has 0 bridgehead atoms. The average molecular weight is 1010 g/mol. The van der Waals surface area contributed by atoms with Gasteiger partial charge in [-0.25, -0.2) is 4.57 Å². The third-order valence-corrected chi connectivity index (χ3v) is 12.2. The van der Waals surface area contributed by atoms with Crippen molar-refractivity contribution in [3.63, 3.8) is 0 Å². The van der Waals surface area contributed by atoms with Gasteiger partial charge in [-0.3, -0.25) is 18.6 Å². The molecule has 2 unspecified atom stereocenters. The summed E-state index contributed by atoms with van der Waals surface area (Å²) in [5, 5.41) is 0. The normalized spacial score (nSPS) is 14.3. The summed E-state index contributed by atoms with van der Waals surface area (Å²) in [6, 6.07) is 0. The molecule has 2 atom stereocenters. The quantitative estimate of drug-likeness (QED) is 0.0211. The Balaban J connectivity index is 4.32. The van der Waals surface area contributed by atoms with Gasteiger partial charge in [-0.15, -0.1) is 0 Å². The van der Waals surface area contributed by atoms with E-state index in [9.17, 15) is 19.0 Å². The molecule has 0 aromatic rings. The molecular weight excluding hydrogens is 906 g/mol. The van der Waals surface area contributed by atoms with E-state index in [0.29, 0.717) is 17.4 Å². The second-order valence-electron chi connectivity index (χ2n) is 19.2. The zero-order valence-corrected chi connectivity index (χ0v) is 46.6. The first-order valence-corrected chi connectivity index (χ1v) is 29.3. The molecule has 0 aromatic heterocycles. The van der Waals surface area contributed by atoms with Crippen LogP contribution in [0.2, 0.25) is 0 Å². The first kappa shape index (κ1) is 67.4. The lowest BCUT2D eigenvalue weighted by Crippen LogP contribution is -2.37. The first-order valence-electron chi connectivity index (χ1n) is 27.8. The summed E-state index contributed by atoms with van der Waals surface area (Å²) >= 11 is 0. The van der Waals surface area contributed by atoms with Gasteiger partial charge in [-0.05, 0) is 109 Å². The smallest absolute Gasteiger partial charge is 0.462 e. The lowest BCUT2D eigenvalue weighted by molar-refractivity contribution is -0.870. The van der Waals surface area contributed by atoms with Crippen molar-refractivity contribution in [2.45, 2.75) is 206 Å². The summed E-state index contributed by atoms with van der Waals surface area (Å²) in [7, 11) is 1.43. The molecule has 0 aliphatic carbocycles. The van der Waals surface area contributed by atoms with Crippen LogP contribution in [-0.2, 0) is 32.7 Å². The zero-order valence-electron chi connectivity index (χ0n) is 45.7. The number of esters is 2. The van der Waals surface area contributed by atoms with Gasteiger partial charge in [0.2, 0.25) is 0 Å². The van der Waals surface area contributed by atoms with Crippen LogP contribution in [0, 0.1) is 0 Å². The van der Waals surface area contributed by atoms with Crippen LogP contribution in [0.25, 0.3) is 0 Å². The third-order valence-electron chi connectivity index (χ3n) is 11.2. The Kier molecular flexibility index (Phi) is 48.7. The maximum Gasteiger partial charge on any atom is 0.472 e. The second-order valence-corrected chi connectivity index (χ2v) is 20.7. The van der Waals surface area contributed by atoms with Crippen molar-refractivity contribution in [3.05, 3.63) is 122 Å². The molecule has 0 amide bonds.